The Balaban J connectivity index is 2.94. The van der Waals surface area contributed by atoms with Gasteiger partial charge in [0.25, 0.3) is 0 Å². The second kappa shape index (κ2) is 3.59. The van der Waals surface area contributed by atoms with Crippen molar-refractivity contribution in [3.63, 3.8) is 0 Å². The van der Waals surface area contributed by atoms with Gasteiger partial charge in [-0.15, -0.1) is 0 Å². The Hall–Kier alpha value is -1.02. The fourth-order valence-electron chi connectivity index (χ4n) is 1.13. The molecule has 0 radical (unpaired) electrons. The second-order valence-electron chi connectivity index (χ2n) is 3.33. The largest absolute Gasteiger partial charge is 0.508 e. The van der Waals surface area contributed by atoms with E-state index in [-0.39, 0.29) is 6.04 Å². The van der Waals surface area contributed by atoms with Crippen molar-refractivity contribution in [3.05, 3.63) is 29.8 Å². The highest BCUT2D eigenvalue weighted by atomic mass is 16.3. The number of nitrogens with two attached hydrogens (primary N) is 1. The lowest BCUT2D eigenvalue weighted by molar-refractivity contribution is 0.440. The number of benzene rings is 1. The molecular formula is C10H15NO. The van der Waals surface area contributed by atoms with Gasteiger partial charge in [-0.1, -0.05) is 32.0 Å². The molecule has 1 atom stereocenters. The summed E-state index contributed by atoms with van der Waals surface area (Å²) in [7, 11) is 0. The summed E-state index contributed by atoms with van der Waals surface area (Å²) >= 11 is 0. The first-order valence-corrected chi connectivity index (χ1v) is 4.16. The standard InChI is InChI=1S/C10H15NO/c1-7(2)10(11)8-5-3-4-6-9(8)12/h3-7,10,12H,11H2,1-2H3/t10-/m1/s1. The van der Waals surface area contributed by atoms with Crippen LogP contribution in [-0.4, -0.2) is 5.11 Å². The number of aromatic hydroxyl groups is 1. The predicted octanol–water partition coefficient (Wildman–Crippen LogP) is 2.05. The maximum absolute atomic E-state index is 9.45. The van der Waals surface area contributed by atoms with Gasteiger partial charge in [-0.3, -0.25) is 0 Å². The number of para-hydroxylation sites is 1. The third-order valence-corrected chi connectivity index (χ3v) is 2.01. The average molecular weight is 165 g/mol. The van der Waals surface area contributed by atoms with Crippen molar-refractivity contribution in [2.75, 3.05) is 0 Å². The van der Waals surface area contributed by atoms with Gasteiger partial charge in [-0.2, -0.15) is 0 Å². The number of hydrogen-bond donors (Lipinski definition) is 2. The molecule has 0 aliphatic heterocycles. The number of rotatable bonds is 2. The van der Waals surface area contributed by atoms with E-state index in [0.717, 1.165) is 5.56 Å². The van der Waals surface area contributed by atoms with E-state index in [4.69, 9.17) is 5.73 Å². The molecule has 0 fully saturated rings. The Morgan fingerprint density at radius 2 is 1.83 bits per heavy atom. The van der Waals surface area contributed by atoms with Gasteiger partial charge in [0.15, 0.2) is 0 Å². The molecule has 1 rings (SSSR count). The summed E-state index contributed by atoms with van der Waals surface area (Å²) in [5, 5.41) is 9.45. The molecule has 0 spiro atoms. The van der Waals surface area contributed by atoms with Crippen molar-refractivity contribution < 1.29 is 5.11 Å². The van der Waals surface area contributed by atoms with E-state index in [1.165, 1.54) is 0 Å². The molecule has 0 aromatic heterocycles. The fraction of sp³-hybridized carbons (Fsp3) is 0.400. The van der Waals surface area contributed by atoms with Crippen molar-refractivity contribution in [1.82, 2.24) is 0 Å². The third kappa shape index (κ3) is 1.77. The first-order valence-electron chi connectivity index (χ1n) is 4.16. The summed E-state index contributed by atoms with van der Waals surface area (Å²) in [4.78, 5) is 0. The maximum Gasteiger partial charge on any atom is 0.120 e. The van der Waals surface area contributed by atoms with Crippen molar-refractivity contribution >= 4 is 0 Å². The quantitative estimate of drug-likeness (QED) is 0.704. The Morgan fingerprint density at radius 1 is 1.25 bits per heavy atom. The summed E-state index contributed by atoms with van der Waals surface area (Å²) < 4.78 is 0. The van der Waals surface area contributed by atoms with Crippen LogP contribution >= 0.6 is 0 Å². The Kier molecular flexibility index (Phi) is 2.71. The summed E-state index contributed by atoms with van der Waals surface area (Å²) in [5.74, 6) is 0.636. The molecule has 0 saturated heterocycles. The highest BCUT2D eigenvalue weighted by Crippen LogP contribution is 2.26. The van der Waals surface area contributed by atoms with E-state index in [1.54, 1.807) is 12.1 Å². The van der Waals surface area contributed by atoms with E-state index in [0.29, 0.717) is 11.7 Å². The molecule has 0 bridgehead atoms. The predicted molar refractivity (Wildman–Crippen MR) is 49.9 cm³/mol. The van der Waals surface area contributed by atoms with Gasteiger partial charge in [-0.25, -0.2) is 0 Å². The summed E-state index contributed by atoms with van der Waals surface area (Å²) in [6, 6.07) is 7.13. The van der Waals surface area contributed by atoms with Gasteiger partial charge in [0, 0.05) is 11.6 Å². The minimum absolute atomic E-state index is 0.0776. The molecule has 3 N–H and O–H groups in total. The van der Waals surface area contributed by atoms with Crippen LogP contribution in [0.5, 0.6) is 5.75 Å². The molecule has 66 valence electrons. The molecule has 0 heterocycles. The van der Waals surface area contributed by atoms with Crippen LogP contribution in [0.2, 0.25) is 0 Å². The Labute approximate surface area is 73.0 Å². The molecule has 0 amide bonds. The van der Waals surface area contributed by atoms with E-state index in [2.05, 4.69) is 0 Å². The van der Waals surface area contributed by atoms with Crippen LogP contribution in [-0.2, 0) is 0 Å². The number of hydrogen-bond acceptors (Lipinski definition) is 2. The lowest BCUT2D eigenvalue weighted by atomic mass is 9.96. The van der Waals surface area contributed by atoms with Crippen LogP contribution < -0.4 is 5.73 Å². The van der Waals surface area contributed by atoms with E-state index < -0.39 is 0 Å². The highest BCUT2D eigenvalue weighted by Gasteiger charge is 2.12. The first-order chi connectivity index (χ1) is 5.63. The van der Waals surface area contributed by atoms with Crippen LogP contribution in [0.1, 0.15) is 25.5 Å². The van der Waals surface area contributed by atoms with E-state index in [1.807, 2.05) is 26.0 Å². The van der Waals surface area contributed by atoms with Gasteiger partial charge in [-0.05, 0) is 12.0 Å². The van der Waals surface area contributed by atoms with Gasteiger partial charge in [0.1, 0.15) is 5.75 Å². The minimum Gasteiger partial charge on any atom is -0.508 e. The first kappa shape index (κ1) is 9.07. The van der Waals surface area contributed by atoms with Gasteiger partial charge in [0.2, 0.25) is 0 Å². The van der Waals surface area contributed by atoms with E-state index in [9.17, 15) is 5.11 Å². The van der Waals surface area contributed by atoms with Crippen LogP contribution in [0.4, 0.5) is 0 Å². The minimum atomic E-state index is -0.0776. The maximum atomic E-state index is 9.45. The topological polar surface area (TPSA) is 46.2 Å². The van der Waals surface area contributed by atoms with Gasteiger partial charge in [0.05, 0.1) is 0 Å². The van der Waals surface area contributed by atoms with Crippen LogP contribution in [0.3, 0.4) is 0 Å². The summed E-state index contributed by atoms with van der Waals surface area (Å²) in [6.45, 7) is 4.08. The van der Waals surface area contributed by atoms with E-state index >= 15 is 0 Å². The van der Waals surface area contributed by atoms with Crippen LogP contribution in [0.15, 0.2) is 24.3 Å². The smallest absolute Gasteiger partial charge is 0.120 e. The summed E-state index contributed by atoms with van der Waals surface area (Å²) in [6.07, 6.45) is 0. The van der Waals surface area contributed by atoms with Crippen LogP contribution in [0, 0.1) is 5.92 Å². The number of phenols is 1. The van der Waals surface area contributed by atoms with Gasteiger partial charge < -0.3 is 10.8 Å². The van der Waals surface area contributed by atoms with Crippen molar-refractivity contribution in [3.8, 4) is 5.75 Å². The normalized spacial score (nSPS) is 13.3. The monoisotopic (exact) mass is 165 g/mol. The summed E-state index contributed by atoms with van der Waals surface area (Å²) in [5.41, 5.74) is 6.70. The molecule has 12 heavy (non-hydrogen) atoms. The zero-order chi connectivity index (χ0) is 9.14. The zero-order valence-electron chi connectivity index (χ0n) is 7.49. The third-order valence-electron chi connectivity index (χ3n) is 2.01. The molecule has 0 unspecified atom stereocenters. The lowest BCUT2D eigenvalue weighted by Crippen LogP contribution is -2.16. The molecular weight excluding hydrogens is 150 g/mol. The van der Waals surface area contributed by atoms with Crippen molar-refractivity contribution in [2.24, 2.45) is 11.7 Å². The molecule has 1 aromatic rings. The molecule has 0 aliphatic carbocycles. The van der Waals surface area contributed by atoms with Crippen molar-refractivity contribution in [1.29, 1.82) is 0 Å². The SMILES string of the molecule is CC(C)[C@@H](N)c1ccccc1O. The molecule has 2 nitrogen and oxygen atoms in total. The zero-order valence-corrected chi connectivity index (χ0v) is 7.49. The average Bonchev–Trinajstić information content (AvgIpc) is 2.04. The lowest BCUT2D eigenvalue weighted by Gasteiger charge is -2.16. The van der Waals surface area contributed by atoms with Crippen LogP contribution in [0.25, 0.3) is 0 Å². The molecule has 2 heteroatoms. The number of phenolic OH excluding ortho intramolecular Hbond substituents is 1. The molecule has 0 aliphatic rings. The fourth-order valence-corrected chi connectivity index (χ4v) is 1.13. The van der Waals surface area contributed by atoms with Crippen molar-refractivity contribution in [2.45, 2.75) is 19.9 Å². The second-order valence-corrected chi connectivity index (χ2v) is 3.33. The Morgan fingerprint density at radius 3 is 2.33 bits per heavy atom. The highest BCUT2D eigenvalue weighted by molar-refractivity contribution is 5.34. The molecule has 1 aromatic carbocycles. The Bertz CT molecular complexity index is 258. The van der Waals surface area contributed by atoms with Gasteiger partial charge >= 0.3 is 0 Å². The molecule has 0 saturated carbocycles.